The van der Waals surface area contributed by atoms with Crippen LogP contribution in [0, 0.1) is 5.82 Å². The van der Waals surface area contributed by atoms with E-state index in [9.17, 15) is 9.18 Å². The predicted molar refractivity (Wildman–Crippen MR) is 76.8 cm³/mol. The summed E-state index contributed by atoms with van der Waals surface area (Å²) in [6.07, 6.45) is 0. The molecule has 104 valence electrons. The van der Waals surface area contributed by atoms with Gasteiger partial charge in [-0.3, -0.25) is 4.79 Å². The fraction of sp³-hybridized carbons (Fsp3) is 0.0714. The minimum absolute atomic E-state index is 0.0141. The summed E-state index contributed by atoms with van der Waals surface area (Å²) in [4.78, 5) is 12.2. The molecule has 0 unspecified atom stereocenters. The van der Waals surface area contributed by atoms with Crippen molar-refractivity contribution in [2.45, 2.75) is 0 Å². The summed E-state index contributed by atoms with van der Waals surface area (Å²) in [5, 5.41) is 2.53. The first-order valence-electron chi connectivity index (χ1n) is 5.72. The van der Waals surface area contributed by atoms with Crippen LogP contribution in [0.15, 0.2) is 36.4 Å². The molecule has 2 rings (SSSR count). The largest absolute Gasteiger partial charge is 0.496 e. The first-order chi connectivity index (χ1) is 9.52. The fourth-order valence-electron chi connectivity index (χ4n) is 1.73. The molecule has 0 bridgehead atoms. The number of hydrogen-bond acceptors (Lipinski definition) is 3. The van der Waals surface area contributed by atoms with E-state index in [-0.39, 0.29) is 22.0 Å². The number of nitrogen functional groups attached to an aromatic ring is 1. The molecule has 0 saturated carbocycles. The third-order valence-electron chi connectivity index (χ3n) is 2.68. The number of methoxy groups -OCH3 is 1. The predicted octanol–water partition coefficient (Wildman–Crippen LogP) is 3.32. The molecule has 0 fully saturated rings. The monoisotopic (exact) mass is 294 g/mol. The molecular formula is C14H12ClFN2O2. The van der Waals surface area contributed by atoms with Crippen LogP contribution in [0.2, 0.25) is 5.02 Å². The first-order valence-corrected chi connectivity index (χ1v) is 6.09. The van der Waals surface area contributed by atoms with Gasteiger partial charge >= 0.3 is 0 Å². The first kappa shape index (κ1) is 14.1. The van der Waals surface area contributed by atoms with E-state index in [1.807, 2.05) is 0 Å². The smallest absolute Gasteiger partial charge is 0.261 e. The number of amides is 1. The van der Waals surface area contributed by atoms with Crippen molar-refractivity contribution < 1.29 is 13.9 Å². The number of nitrogens with one attached hydrogen (secondary N) is 1. The SMILES string of the molecule is COc1cccc(N)c1C(=O)Nc1ccc(Cl)c(F)c1. The van der Waals surface area contributed by atoms with E-state index in [2.05, 4.69) is 5.32 Å². The zero-order valence-electron chi connectivity index (χ0n) is 10.6. The highest BCUT2D eigenvalue weighted by Gasteiger charge is 2.16. The Labute approximate surface area is 120 Å². The Bertz CT molecular complexity index is 662. The lowest BCUT2D eigenvalue weighted by atomic mass is 10.1. The van der Waals surface area contributed by atoms with Crippen LogP contribution >= 0.6 is 11.6 Å². The average Bonchev–Trinajstić information content (AvgIpc) is 2.42. The standard InChI is InChI=1S/C14H12ClFN2O2/c1-20-12-4-2-3-11(17)13(12)14(19)18-8-5-6-9(15)10(16)7-8/h2-7H,17H2,1H3,(H,18,19). The highest BCUT2D eigenvalue weighted by molar-refractivity contribution is 6.30. The summed E-state index contributed by atoms with van der Waals surface area (Å²) < 4.78 is 18.4. The van der Waals surface area contributed by atoms with Gasteiger partial charge in [0.25, 0.3) is 5.91 Å². The lowest BCUT2D eigenvalue weighted by Gasteiger charge is -2.11. The molecule has 3 N–H and O–H groups in total. The number of benzene rings is 2. The molecule has 0 aliphatic rings. The molecule has 0 radical (unpaired) electrons. The van der Waals surface area contributed by atoms with Gasteiger partial charge in [-0.25, -0.2) is 4.39 Å². The van der Waals surface area contributed by atoms with Crippen LogP contribution < -0.4 is 15.8 Å². The summed E-state index contributed by atoms with van der Waals surface area (Å²) in [6, 6.07) is 8.86. The van der Waals surface area contributed by atoms with Gasteiger partial charge in [-0.15, -0.1) is 0 Å². The Hall–Kier alpha value is -2.27. The van der Waals surface area contributed by atoms with Crippen LogP contribution in [0.4, 0.5) is 15.8 Å². The van der Waals surface area contributed by atoms with Crippen LogP contribution in [0.3, 0.4) is 0 Å². The number of halogens is 2. The summed E-state index contributed by atoms with van der Waals surface area (Å²) in [5.41, 5.74) is 6.52. The second kappa shape index (κ2) is 5.79. The van der Waals surface area contributed by atoms with Gasteiger partial charge in [0.05, 0.1) is 12.1 Å². The van der Waals surface area contributed by atoms with Gasteiger partial charge in [-0.1, -0.05) is 17.7 Å². The fourth-order valence-corrected chi connectivity index (χ4v) is 1.85. The van der Waals surface area contributed by atoms with Crippen LogP contribution in [0.5, 0.6) is 5.75 Å². The highest BCUT2D eigenvalue weighted by atomic mass is 35.5. The molecular weight excluding hydrogens is 283 g/mol. The highest BCUT2D eigenvalue weighted by Crippen LogP contribution is 2.26. The van der Waals surface area contributed by atoms with Gasteiger partial charge in [0.1, 0.15) is 17.1 Å². The van der Waals surface area contributed by atoms with Crippen LogP contribution in [0.25, 0.3) is 0 Å². The van der Waals surface area contributed by atoms with E-state index < -0.39 is 11.7 Å². The number of carbonyl (C=O) groups excluding carboxylic acids is 1. The van der Waals surface area contributed by atoms with E-state index >= 15 is 0 Å². The second-order valence-electron chi connectivity index (χ2n) is 4.01. The molecule has 2 aromatic rings. The second-order valence-corrected chi connectivity index (χ2v) is 4.41. The zero-order valence-corrected chi connectivity index (χ0v) is 11.4. The topological polar surface area (TPSA) is 64.3 Å². The molecule has 0 saturated heterocycles. The lowest BCUT2D eigenvalue weighted by molar-refractivity contribution is 0.102. The molecule has 2 aromatic carbocycles. The Kier molecular flexibility index (Phi) is 4.10. The number of rotatable bonds is 3. The molecule has 1 amide bonds. The Morgan fingerprint density at radius 1 is 1.35 bits per heavy atom. The Morgan fingerprint density at radius 2 is 2.10 bits per heavy atom. The molecule has 0 aliphatic heterocycles. The summed E-state index contributed by atoms with van der Waals surface area (Å²) in [6.45, 7) is 0. The third kappa shape index (κ3) is 2.83. The molecule has 4 nitrogen and oxygen atoms in total. The van der Waals surface area contributed by atoms with Crippen molar-refractivity contribution in [3.8, 4) is 5.75 Å². The van der Waals surface area contributed by atoms with Gasteiger partial charge in [0, 0.05) is 11.4 Å². The molecule has 0 heterocycles. The maximum atomic E-state index is 13.3. The third-order valence-corrected chi connectivity index (χ3v) is 2.99. The molecule has 0 aliphatic carbocycles. The Morgan fingerprint density at radius 3 is 2.75 bits per heavy atom. The molecule has 0 spiro atoms. The van der Waals surface area contributed by atoms with Crippen molar-refractivity contribution in [2.24, 2.45) is 0 Å². The maximum Gasteiger partial charge on any atom is 0.261 e. The van der Waals surface area contributed by atoms with E-state index in [4.69, 9.17) is 22.1 Å². The lowest BCUT2D eigenvalue weighted by Crippen LogP contribution is -2.15. The molecule has 0 aromatic heterocycles. The van der Waals surface area contributed by atoms with Crippen molar-refractivity contribution in [3.05, 3.63) is 52.8 Å². The number of carbonyl (C=O) groups is 1. The van der Waals surface area contributed by atoms with Crippen molar-refractivity contribution >= 4 is 28.9 Å². The van der Waals surface area contributed by atoms with E-state index in [0.29, 0.717) is 5.75 Å². The zero-order chi connectivity index (χ0) is 14.7. The van der Waals surface area contributed by atoms with Crippen LogP contribution in [-0.4, -0.2) is 13.0 Å². The van der Waals surface area contributed by atoms with Crippen LogP contribution in [0.1, 0.15) is 10.4 Å². The van der Waals surface area contributed by atoms with Crippen molar-refractivity contribution in [2.75, 3.05) is 18.2 Å². The van der Waals surface area contributed by atoms with Crippen molar-refractivity contribution in [1.29, 1.82) is 0 Å². The average molecular weight is 295 g/mol. The van der Waals surface area contributed by atoms with Gasteiger partial charge in [0.2, 0.25) is 0 Å². The molecule has 6 heteroatoms. The van der Waals surface area contributed by atoms with E-state index in [1.165, 1.54) is 19.2 Å². The Balaban J connectivity index is 2.30. The molecule has 0 atom stereocenters. The molecule has 20 heavy (non-hydrogen) atoms. The minimum Gasteiger partial charge on any atom is -0.496 e. The van der Waals surface area contributed by atoms with Gasteiger partial charge < -0.3 is 15.8 Å². The van der Waals surface area contributed by atoms with Gasteiger partial charge in [-0.2, -0.15) is 0 Å². The summed E-state index contributed by atoms with van der Waals surface area (Å²) in [7, 11) is 1.44. The van der Waals surface area contributed by atoms with E-state index in [1.54, 1.807) is 18.2 Å². The van der Waals surface area contributed by atoms with Gasteiger partial charge in [0.15, 0.2) is 0 Å². The van der Waals surface area contributed by atoms with E-state index in [0.717, 1.165) is 6.07 Å². The number of ether oxygens (including phenoxy) is 1. The van der Waals surface area contributed by atoms with Gasteiger partial charge in [-0.05, 0) is 30.3 Å². The maximum absolute atomic E-state index is 13.3. The van der Waals surface area contributed by atoms with Crippen molar-refractivity contribution in [1.82, 2.24) is 0 Å². The number of anilines is 2. The summed E-state index contributed by atoms with van der Waals surface area (Å²) in [5.74, 6) is -0.754. The summed E-state index contributed by atoms with van der Waals surface area (Å²) >= 11 is 5.58. The normalized spacial score (nSPS) is 10.2. The number of nitrogens with two attached hydrogens (primary N) is 1. The quantitative estimate of drug-likeness (QED) is 0.854. The van der Waals surface area contributed by atoms with Crippen LogP contribution in [-0.2, 0) is 0 Å². The minimum atomic E-state index is -0.613. The van der Waals surface area contributed by atoms with Crippen molar-refractivity contribution in [3.63, 3.8) is 0 Å². The number of hydrogen-bond donors (Lipinski definition) is 2.